The van der Waals surface area contributed by atoms with E-state index in [-0.39, 0.29) is 24.2 Å². The Bertz CT molecular complexity index is 175. The first-order chi connectivity index (χ1) is 6.57. The Morgan fingerprint density at radius 1 is 1.43 bits per heavy atom. The number of ether oxygens (including phenoxy) is 1. The zero-order valence-electron chi connectivity index (χ0n) is 9.24. The molecule has 1 saturated heterocycles. The van der Waals surface area contributed by atoms with Crippen LogP contribution in [0.25, 0.3) is 0 Å². The molecule has 1 fully saturated rings. The molecule has 1 rings (SSSR count). The van der Waals surface area contributed by atoms with Crippen molar-refractivity contribution in [3.63, 3.8) is 0 Å². The van der Waals surface area contributed by atoms with Crippen LogP contribution in [0.2, 0.25) is 0 Å². The van der Waals surface area contributed by atoms with E-state index in [9.17, 15) is 5.11 Å². The Morgan fingerprint density at radius 3 is 2.50 bits per heavy atom. The fourth-order valence-corrected chi connectivity index (χ4v) is 2.61. The summed E-state index contributed by atoms with van der Waals surface area (Å²) in [6, 6.07) is 0. The SMILES string of the molecule is C[C@H]1[C@@H](O)[C@H](C)O[C@@H]1[C@@H](C)CCCBr. The van der Waals surface area contributed by atoms with Crippen molar-refractivity contribution in [3.05, 3.63) is 0 Å². The summed E-state index contributed by atoms with van der Waals surface area (Å²) >= 11 is 3.44. The molecule has 0 bridgehead atoms. The number of rotatable bonds is 4. The summed E-state index contributed by atoms with van der Waals surface area (Å²) in [5, 5.41) is 10.8. The molecule has 14 heavy (non-hydrogen) atoms. The van der Waals surface area contributed by atoms with Crippen molar-refractivity contribution in [1.29, 1.82) is 0 Å². The molecular weight excluding hydrogens is 244 g/mol. The summed E-state index contributed by atoms with van der Waals surface area (Å²) in [6.45, 7) is 6.26. The first-order valence-electron chi connectivity index (χ1n) is 5.47. The van der Waals surface area contributed by atoms with E-state index in [2.05, 4.69) is 29.8 Å². The van der Waals surface area contributed by atoms with Gasteiger partial charge in [-0.1, -0.05) is 29.8 Å². The predicted octanol–water partition coefficient (Wildman–Crippen LogP) is 2.58. The zero-order chi connectivity index (χ0) is 10.7. The van der Waals surface area contributed by atoms with Gasteiger partial charge in [-0.25, -0.2) is 0 Å². The third-order valence-corrected chi connectivity index (χ3v) is 3.82. The van der Waals surface area contributed by atoms with Crippen LogP contribution in [-0.2, 0) is 4.74 Å². The van der Waals surface area contributed by atoms with Gasteiger partial charge in [-0.15, -0.1) is 0 Å². The van der Waals surface area contributed by atoms with Crippen LogP contribution in [0.4, 0.5) is 0 Å². The van der Waals surface area contributed by atoms with Crippen molar-refractivity contribution in [2.45, 2.75) is 51.9 Å². The predicted molar refractivity (Wildman–Crippen MR) is 61.7 cm³/mol. The van der Waals surface area contributed by atoms with Crippen LogP contribution in [-0.4, -0.2) is 28.7 Å². The first-order valence-corrected chi connectivity index (χ1v) is 6.59. The van der Waals surface area contributed by atoms with Crippen molar-refractivity contribution in [3.8, 4) is 0 Å². The molecule has 0 spiro atoms. The van der Waals surface area contributed by atoms with Crippen molar-refractivity contribution < 1.29 is 9.84 Å². The molecule has 1 aliphatic rings. The maximum atomic E-state index is 9.78. The van der Waals surface area contributed by atoms with Crippen molar-refractivity contribution in [2.24, 2.45) is 11.8 Å². The van der Waals surface area contributed by atoms with Gasteiger partial charge in [-0.2, -0.15) is 0 Å². The molecule has 3 heteroatoms. The Hall–Kier alpha value is 0.400. The number of alkyl halides is 1. The van der Waals surface area contributed by atoms with Gasteiger partial charge in [0.15, 0.2) is 0 Å². The Balaban J connectivity index is 2.44. The minimum Gasteiger partial charge on any atom is -0.390 e. The van der Waals surface area contributed by atoms with Gasteiger partial charge in [0.05, 0.1) is 18.3 Å². The Morgan fingerprint density at radius 2 is 2.07 bits per heavy atom. The second kappa shape index (κ2) is 5.47. The number of aliphatic hydroxyl groups excluding tert-OH is 1. The molecule has 84 valence electrons. The minimum atomic E-state index is -0.286. The first kappa shape index (κ1) is 12.5. The zero-order valence-corrected chi connectivity index (χ0v) is 10.8. The van der Waals surface area contributed by atoms with E-state index in [1.54, 1.807) is 0 Å². The van der Waals surface area contributed by atoms with Crippen LogP contribution in [0, 0.1) is 11.8 Å². The van der Waals surface area contributed by atoms with Crippen molar-refractivity contribution in [2.75, 3.05) is 5.33 Å². The molecule has 0 unspecified atom stereocenters. The maximum Gasteiger partial charge on any atom is 0.0849 e. The molecule has 0 saturated carbocycles. The van der Waals surface area contributed by atoms with Gasteiger partial charge in [-0.05, 0) is 25.7 Å². The molecule has 0 aliphatic carbocycles. The third-order valence-electron chi connectivity index (χ3n) is 3.26. The standard InChI is InChI=1S/C11H21BrO2/c1-7(5-4-6-12)11-8(2)10(13)9(3)14-11/h7-11,13H,4-6H2,1-3H3/t7-,8-,9-,10+,11+/m0/s1. The highest BCUT2D eigenvalue weighted by atomic mass is 79.9. The molecule has 0 aromatic carbocycles. The number of halogens is 1. The van der Waals surface area contributed by atoms with Crippen LogP contribution in [0.3, 0.4) is 0 Å². The molecular formula is C11H21BrO2. The lowest BCUT2D eigenvalue weighted by Crippen LogP contribution is -2.27. The lowest BCUT2D eigenvalue weighted by molar-refractivity contribution is -0.00161. The van der Waals surface area contributed by atoms with Gasteiger partial charge in [-0.3, -0.25) is 0 Å². The summed E-state index contributed by atoms with van der Waals surface area (Å²) in [7, 11) is 0. The van der Waals surface area contributed by atoms with E-state index in [1.807, 2.05) is 6.92 Å². The summed E-state index contributed by atoms with van der Waals surface area (Å²) in [5.41, 5.74) is 0. The molecule has 2 nitrogen and oxygen atoms in total. The molecule has 1 N–H and O–H groups in total. The lowest BCUT2D eigenvalue weighted by atomic mass is 9.88. The van der Waals surface area contributed by atoms with Gasteiger partial charge in [0.1, 0.15) is 0 Å². The molecule has 0 aromatic rings. The van der Waals surface area contributed by atoms with E-state index >= 15 is 0 Å². The molecule has 0 aromatic heterocycles. The second-order valence-electron chi connectivity index (χ2n) is 4.46. The summed E-state index contributed by atoms with van der Waals surface area (Å²) in [6.07, 6.45) is 2.30. The lowest BCUT2D eigenvalue weighted by Gasteiger charge is -2.22. The highest BCUT2D eigenvalue weighted by Crippen LogP contribution is 2.32. The van der Waals surface area contributed by atoms with Gasteiger partial charge in [0, 0.05) is 11.2 Å². The maximum absolute atomic E-state index is 9.78. The fourth-order valence-electron chi connectivity index (χ4n) is 2.29. The number of hydrogen-bond acceptors (Lipinski definition) is 2. The number of aliphatic hydroxyl groups is 1. The van der Waals surface area contributed by atoms with E-state index < -0.39 is 0 Å². The Labute approximate surface area is 95.2 Å². The topological polar surface area (TPSA) is 29.5 Å². The smallest absolute Gasteiger partial charge is 0.0849 e. The second-order valence-corrected chi connectivity index (χ2v) is 5.26. The summed E-state index contributed by atoms with van der Waals surface area (Å²) in [4.78, 5) is 0. The minimum absolute atomic E-state index is 0.00132. The third kappa shape index (κ3) is 2.71. The van der Waals surface area contributed by atoms with Crippen LogP contribution in [0.15, 0.2) is 0 Å². The fraction of sp³-hybridized carbons (Fsp3) is 1.00. The van der Waals surface area contributed by atoms with E-state index in [0.29, 0.717) is 5.92 Å². The van der Waals surface area contributed by atoms with E-state index in [1.165, 1.54) is 12.8 Å². The summed E-state index contributed by atoms with van der Waals surface area (Å²) in [5.74, 6) is 0.817. The van der Waals surface area contributed by atoms with Gasteiger partial charge >= 0.3 is 0 Å². The highest BCUT2D eigenvalue weighted by Gasteiger charge is 2.40. The number of hydrogen-bond donors (Lipinski definition) is 1. The van der Waals surface area contributed by atoms with Gasteiger partial charge < -0.3 is 9.84 Å². The Kier molecular flexibility index (Phi) is 4.88. The van der Waals surface area contributed by atoms with Crippen LogP contribution in [0.5, 0.6) is 0 Å². The summed E-state index contributed by atoms with van der Waals surface area (Å²) < 4.78 is 5.78. The largest absolute Gasteiger partial charge is 0.390 e. The average molecular weight is 265 g/mol. The molecule has 1 aliphatic heterocycles. The molecule has 0 amide bonds. The van der Waals surface area contributed by atoms with E-state index in [0.717, 1.165) is 5.33 Å². The van der Waals surface area contributed by atoms with Gasteiger partial charge in [0.25, 0.3) is 0 Å². The molecule has 1 heterocycles. The van der Waals surface area contributed by atoms with Crippen LogP contribution >= 0.6 is 15.9 Å². The van der Waals surface area contributed by atoms with Gasteiger partial charge in [0.2, 0.25) is 0 Å². The van der Waals surface area contributed by atoms with Crippen LogP contribution in [0.1, 0.15) is 33.6 Å². The monoisotopic (exact) mass is 264 g/mol. The normalized spacial score (nSPS) is 40.1. The van der Waals surface area contributed by atoms with E-state index in [4.69, 9.17) is 4.74 Å². The average Bonchev–Trinajstić information content (AvgIpc) is 2.42. The van der Waals surface area contributed by atoms with Crippen LogP contribution < -0.4 is 0 Å². The van der Waals surface area contributed by atoms with Crippen molar-refractivity contribution in [1.82, 2.24) is 0 Å². The molecule has 0 radical (unpaired) electrons. The molecule has 5 atom stereocenters. The quantitative estimate of drug-likeness (QED) is 0.792. The van der Waals surface area contributed by atoms with Crippen molar-refractivity contribution >= 4 is 15.9 Å². The highest BCUT2D eigenvalue weighted by molar-refractivity contribution is 9.09.